The molecule has 0 aliphatic carbocycles. The average Bonchev–Trinajstić information content (AvgIpc) is 2.77. The predicted octanol–water partition coefficient (Wildman–Crippen LogP) is 0.487. The van der Waals surface area contributed by atoms with E-state index in [-0.39, 0.29) is 47.7 Å². The molecule has 4 aromatic rings. The zero-order valence-electron chi connectivity index (χ0n) is 17.5. The minimum atomic E-state index is -1.22. The number of methoxy groups -OCH3 is 1. The summed E-state index contributed by atoms with van der Waals surface area (Å²) in [5.41, 5.74) is 8.86. The van der Waals surface area contributed by atoms with Crippen molar-refractivity contribution < 1.29 is 48.9 Å². The molecule has 0 aliphatic heterocycles. The molecule has 0 aliphatic rings. The molecule has 4 rings (SSSR count). The molecular weight excluding hydrogens is 441 g/mol. The van der Waals surface area contributed by atoms with E-state index in [1.54, 1.807) is 49.6 Å². The van der Waals surface area contributed by atoms with Crippen LogP contribution in [0.5, 0.6) is 11.5 Å². The van der Waals surface area contributed by atoms with Gasteiger partial charge in [-0.15, -0.1) is 0 Å². The Hall–Kier alpha value is -2.84. The van der Waals surface area contributed by atoms with Crippen molar-refractivity contribution in [1.29, 1.82) is 0 Å². The van der Waals surface area contributed by atoms with Crippen molar-refractivity contribution in [2.75, 3.05) is 12.8 Å². The van der Waals surface area contributed by atoms with Gasteiger partial charge in [-0.05, 0) is 47.5 Å². The molecule has 0 radical (unpaired) electrons. The molecule has 156 valence electrons. The van der Waals surface area contributed by atoms with Crippen molar-refractivity contribution in [3.63, 3.8) is 0 Å². The van der Waals surface area contributed by atoms with Crippen LogP contribution in [0.4, 0.5) is 5.95 Å². The number of halogens is 1. The van der Waals surface area contributed by atoms with Gasteiger partial charge in [0.25, 0.3) is 0 Å². The maximum atomic E-state index is 10.9. The second-order valence-corrected chi connectivity index (χ2v) is 7.17. The number of nitrogens with zero attached hydrogens (tertiary/aromatic N) is 2. The number of carboxylic acid groups (broad SMARTS) is 1. The summed E-state index contributed by atoms with van der Waals surface area (Å²) in [5, 5.41) is 12.2. The number of carbonyl (C=O) groups excluding carboxylic acids is 1. The number of hydrogen-bond acceptors (Lipinski definition) is 7. The van der Waals surface area contributed by atoms with E-state index < -0.39 is 5.97 Å². The quantitative estimate of drug-likeness (QED) is 0.419. The Morgan fingerprint density at radius 1 is 1.03 bits per heavy atom. The molecule has 0 fully saturated rings. The number of carbonyl (C=O) groups is 1. The molecule has 0 bridgehead atoms. The number of aromatic carboxylic acids is 1. The number of benzene rings is 3. The standard InChI is InChI=1S/C23H18ClN3O4.Na/c1-30-19-9-6-15(21-17-11-16(24)7-8-18(17)26-23(25)27-21)10-20(19)31-12-13-2-4-14(5-3-13)22(28)29;/h2-11H,12H2,1H3,(H,28,29)(H2,25,26,27);/q;+1/p-1. The maximum absolute atomic E-state index is 10.9. The van der Waals surface area contributed by atoms with Crippen LogP contribution >= 0.6 is 11.6 Å². The van der Waals surface area contributed by atoms with Crippen LogP contribution in [-0.2, 0) is 6.61 Å². The van der Waals surface area contributed by atoms with Crippen LogP contribution in [0, 0.1) is 0 Å². The van der Waals surface area contributed by atoms with Gasteiger partial charge in [-0.1, -0.05) is 35.9 Å². The van der Waals surface area contributed by atoms with Gasteiger partial charge >= 0.3 is 29.6 Å². The number of ether oxygens (including phenoxy) is 2. The summed E-state index contributed by atoms with van der Waals surface area (Å²) in [6.07, 6.45) is 0. The molecule has 9 heteroatoms. The zero-order chi connectivity index (χ0) is 22.0. The Balaban J connectivity index is 0.00000289. The minimum Gasteiger partial charge on any atom is -0.545 e. The van der Waals surface area contributed by atoms with E-state index >= 15 is 0 Å². The molecule has 0 amide bonds. The third-order valence-electron chi connectivity index (χ3n) is 4.70. The molecule has 0 saturated heterocycles. The third-order valence-corrected chi connectivity index (χ3v) is 4.93. The van der Waals surface area contributed by atoms with E-state index in [0.717, 1.165) is 16.5 Å². The first-order chi connectivity index (χ1) is 14.9. The smallest absolute Gasteiger partial charge is 0.545 e. The van der Waals surface area contributed by atoms with Crippen LogP contribution in [0.3, 0.4) is 0 Å². The molecule has 7 nitrogen and oxygen atoms in total. The molecule has 0 saturated carbocycles. The first kappa shape index (κ1) is 23.8. The minimum absolute atomic E-state index is 0. The van der Waals surface area contributed by atoms with Gasteiger partial charge in [0.2, 0.25) is 5.95 Å². The zero-order valence-corrected chi connectivity index (χ0v) is 20.2. The topological polar surface area (TPSA) is 110 Å². The van der Waals surface area contributed by atoms with E-state index in [2.05, 4.69) is 9.97 Å². The van der Waals surface area contributed by atoms with Gasteiger partial charge in [0, 0.05) is 16.0 Å². The Bertz CT molecular complexity index is 1280. The molecule has 0 unspecified atom stereocenters. The van der Waals surface area contributed by atoms with Crippen LogP contribution in [0.1, 0.15) is 15.9 Å². The Morgan fingerprint density at radius 2 is 1.78 bits per heavy atom. The molecule has 0 atom stereocenters. The molecule has 2 N–H and O–H groups in total. The number of nitrogen functional groups attached to an aromatic ring is 1. The number of hydrogen-bond donors (Lipinski definition) is 1. The molecule has 32 heavy (non-hydrogen) atoms. The molecule has 1 aromatic heterocycles. The van der Waals surface area contributed by atoms with Crippen molar-refractivity contribution >= 4 is 34.4 Å². The van der Waals surface area contributed by atoms with E-state index in [1.807, 2.05) is 6.07 Å². The van der Waals surface area contributed by atoms with Crippen molar-refractivity contribution in [1.82, 2.24) is 9.97 Å². The Labute approximate surface area is 211 Å². The van der Waals surface area contributed by atoms with Gasteiger partial charge in [0.05, 0.1) is 24.3 Å². The Kier molecular flexibility index (Phi) is 7.58. The van der Waals surface area contributed by atoms with E-state index in [0.29, 0.717) is 27.7 Å². The summed E-state index contributed by atoms with van der Waals surface area (Å²) in [4.78, 5) is 19.6. The van der Waals surface area contributed by atoms with E-state index in [1.165, 1.54) is 12.1 Å². The normalized spacial score (nSPS) is 10.4. The van der Waals surface area contributed by atoms with Crippen LogP contribution in [-0.4, -0.2) is 23.0 Å². The predicted molar refractivity (Wildman–Crippen MR) is 116 cm³/mol. The van der Waals surface area contributed by atoms with Gasteiger partial charge in [-0.3, -0.25) is 0 Å². The number of aromatic nitrogens is 2. The monoisotopic (exact) mass is 457 g/mol. The molecular formula is C23H17ClN3NaO4. The average molecular weight is 458 g/mol. The number of nitrogens with two attached hydrogens (primary N) is 1. The number of rotatable bonds is 6. The summed E-state index contributed by atoms with van der Waals surface area (Å²) >= 11 is 6.17. The van der Waals surface area contributed by atoms with Gasteiger partial charge in [0.1, 0.15) is 6.61 Å². The van der Waals surface area contributed by atoms with Crippen molar-refractivity contribution in [3.8, 4) is 22.8 Å². The van der Waals surface area contributed by atoms with E-state index in [9.17, 15) is 9.90 Å². The first-order valence-electron chi connectivity index (χ1n) is 9.29. The summed E-state index contributed by atoms with van der Waals surface area (Å²) in [5.74, 6) is -0.0368. The van der Waals surface area contributed by atoms with E-state index in [4.69, 9.17) is 26.8 Å². The van der Waals surface area contributed by atoms with Gasteiger partial charge in [-0.2, -0.15) is 0 Å². The number of anilines is 1. The van der Waals surface area contributed by atoms with Crippen molar-refractivity contribution in [2.45, 2.75) is 6.61 Å². The second-order valence-electron chi connectivity index (χ2n) is 6.73. The van der Waals surface area contributed by atoms with Crippen LogP contribution in [0.2, 0.25) is 5.02 Å². The van der Waals surface area contributed by atoms with Crippen LogP contribution in [0.15, 0.2) is 60.7 Å². The third kappa shape index (κ3) is 5.14. The van der Waals surface area contributed by atoms with Gasteiger partial charge in [-0.25, -0.2) is 9.97 Å². The van der Waals surface area contributed by atoms with Gasteiger partial charge in [0.15, 0.2) is 11.5 Å². The summed E-state index contributed by atoms with van der Waals surface area (Å²) in [6, 6.07) is 17.0. The van der Waals surface area contributed by atoms with Crippen LogP contribution < -0.4 is 49.9 Å². The fourth-order valence-corrected chi connectivity index (χ4v) is 3.35. The maximum Gasteiger partial charge on any atom is 1.00 e. The Morgan fingerprint density at radius 3 is 2.47 bits per heavy atom. The number of carboxylic acids is 1. The van der Waals surface area contributed by atoms with Gasteiger partial charge < -0.3 is 25.1 Å². The number of fused-ring (bicyclic) bond motifs is 1. The SMILES string of the molecule is COc1ccc(-c2nc(N)nc3ccc(Cl)cc23)cc1OCc1ccc(C(=O)[O-])cc1.[Na+]. The first-order valence-corrected chi connectivity index (χ1v) is 9.66. The fourth-order valence-electron chi connectivity index (χ4n) is 3.17. The summed E-state index contributed by atoms with van der Waals surface area (Å²) in [6.45, 7) is 0.214. The molecule has 1 heterocycles. The van der Waals surface area contributed by atoms with Crippen LogP contribution in [0.25, 0.3) is 22.2 Å². The van der Waals surface area contributed by atoms with Crippen molar-refractivity contribution in [3.05, 3.63) is 76.8 Å². The van der Waals surface area contributed by atoms with Crippen molar-refractivity contribution in [2.24, 2.45) is 0 Å². The fraction of sp³-hybridized carbons (Fsp3) is 0.0870. The molecule has 0 spiro atoms. The second kappa shape index (κ2) is 10.2. The summed E-state index contributed by atoms with van der Waals surface area (Å²) in [7, 11) is 1.55. The largest absolute Gasteiger partial charge is 1.00 e. The molecule has 3 aromatic carbocycles. The summed E-state index contributed by atoms with van der Waals surface area (Å²) < 4.78 is 11.4.